The van der Waals surface area contributed by atoms with E-state index in [0.29, 0.717) is 23.7 Å². The number of anilines is 2. The van der Waals surface area contributed by atoms with E-state index in [2.05, 4.69) is 5.32 Å². The molecule has 1 heterocycles. The predicted octanol–water partition coefficient (Wildman–Crippen LogP) is 3.93. The van der Waals surface area contributed by atoms with Crippen molar-refractivity contribution in [3.05, 3.63) is 76.4 Å². The number of fused-ring (bicyclic) bond motifs is 1. The fourth-order valence-electron chi connectivity index (χ4n) is 3.78. The third-order valence-corrected chi connectivity index (χ3v) is 8.27. The maximum Gasteiger partial charge on any atom is 0.308 e. The second-order valence-corrected chi connectivity index (χ2v) is 10.6. The van der Waals surface area contributed by atoms with Crippen LogP contribution in [0.3, 0.4) is 0 Å². The number of carbonyl (C=O) groups is 1. The molecule has 4 rings (SSSR count). The monoisotopic (exact) mass is 527 g/mol. The lowest BCUT2D eigenvalue weighted by atomic mass is 10.2. The largest absolute Gasteiger partial charge is 0.497 e. The van der Waals surface area contributed by atoms with Crippen LogP contribution in [0.2, 0.25) is 0 Å². The minimum Gasteiger partial charge on any atom is -0.497 e. The first-order chi connectivity index (χ1) is 17.3. The quantitative estimate of drug-likeness (QED) is 0.353. The van der Waals surface area contributed by atoms with Gasteiger partial charge in [0, 0.05) is 12.2 Å². The first-order valence-electron chi connectivity index (χ1n) is 11.0. The molecule has 1 N–H and O–H groups in total. The molecule has 0 aliphatic carbocycles. The van der Waals surface area contributed by atoms with Crippen molar-refractivity contribution in [2.24, 2.45) is 0 Å². The fourth-order valence-corrected chi connectivity index (χ4v) is 6.21. The van der Waals surface area contributed by atoms with Gasteiger partial charge in [0.2, 0.25) is 5.91 Å². The number of thiazole rings is 1. The molecule has 1 amide bonds. The van der Waals surface area contributed by atoms with E-state index < -0.39 is 22.5 Å². The number of rotatable bonds is 9. The van der Waals surface area contributed by atoms with Crippen LogP contribution < -0.4 is 24.0 Å². The molecule has 0 fully saturated rings. The Labute approximate surface area is 212 Å². The number of ether oxygens (including phenoxy) is 2. The number of carbonyl (C=O) groups excluding carboxylic acids is 1. The van der Waals surface area contributed by atoms with Crippen LogP contribution in [-0.2, 0) is 21.4 Å². The van der Waals surface area contributed by atoms with E-state index in [1.54, 1.807) is 47.0 Å². The number of nitrogens with one attached hydrogen (secondary N) is 1. The van der Waals surface area contributed by atoms with E-state index in [-0.39, 0.29) is 15.5 Å². The molecule has 9 nitrogen and oxygen atoms in total. The molecule has 0 saturated carbocycles. The molecular formula is C25H25N3O6S2. The molecule has 1 aromatic heterocycles. The maximum absolute atomic E-state index is 13.7. The number of hydrogen-bond acceptors (Lipinski definition) is 7. The first-order valence-corrected chi connectivity index (χ1v) is 13.3. The highest BCUT2D eigenvalue weighted by Gasteiger charge is 2.29. The summed E-state index contributed by atoms with van der Waals surface area (Å²) >= 11 is 1.09. The Morgan fingerprint density at radius 3 is 2.42 bits per heavy atom. The third kappa shape index (κ3) is 4.93. The first kappa shape index (κ1) is 25.3. The summed E-state index contributed by atoms with van der Waals surface area (Å²) in [7, 11) is -1.23. The van der Waals surface area contributed by atoms with E-state index in [1.807, 2.05) is 6.92 Å². The number of methoxy groups -OCH3 is 2. The number of hydrogen-bond donors (Lipinski definition) is 1. The van der Waals surface area contributed by atoms with Crippen LogP contribution >= 0.6 is 11.3 Å². The summed E-state index contributed by atoms with van der Waals surface area (Å²) in [4.78, 5) is 25.2. The van der Waals surface area contributed by atoms with Crippen LogP contribution in [0.5, 0.6) is 11.5 Å². The van der Waals surface area contributed by atoms with Gasteiger partial charge in [-0.25, -0.2) is 8.42 Å². The van der Waals surface area contributed by atoms with Gasteiger partial charge in [-0.15, -0.1) is 0 Å². The third-order valence-electron chi connectivity index (χ3n) is 5.56. The lowest BCUT2D eigenvalue weighted by molar-refractivity contribution is -0.114. The van der Waals surface area contributed by atoms with E-state index in [4.69, 9.17) is 9.47 Å². The summed E-state index contributed by atoms with van der Waals surface area (Å²) in [5.74, 6) is 0.249. The number of nitrogens with zero attached hydrogens (tertiary/aromatic N) is 2. The highest BCUT2D eigenvalue weighted by molar-refractivity contribution is 7.92. The Morgan fingerprint density at radius 2 is 1.75 bits per heavy atom. The van der Waals surface area contributed by atoms with Crippen LogP contribution in [0.4, 0.5) is 11.4 Å². The number of sulfonamides is 1. The van der Waals surface area contributed by atoms with Crippen molar-refractivity contribution < 1.29 is 22.7 Å². The summed E-state index contributed by atoms with van der Waals surface area (Å²) in [6.45, 7) is 1.93. The molecule has 11 heteroatoms. The lowest BCUT2D eigenvalue weighted by Gasteiger charge is -2.25. The highest BCUT2D eigenvalue weighted by Crippen LogP contribution is 2.32. The van der Waals surface area contributed by atoms with E-state index in [1.165, 1.54) is 38.5 Å². The molecule has 0 bridgehead atoms. The number of aromatic nitrogens is 1. The Balaban J connectivity index is 1.67. The molecule has 0 aliphatic rings. The van der Waals surface area contributed by atoms with Crippen LogP contribution in [0.25, 0.3) is 10.2 Å². The zero-order chi connectivity index (χ0) is 25.9. The second kappa shape index (κ2) is 10.4. The zero-order valence-electron chi connectivity index (χ0n) is 19.9. The molecule has 0 atom stereocenters. The predicted molar refractivity (Wildman–Crippen MR) is 141 cm³/mol. The second-order valence-electron chi connectivity index (χ2n) is 7.70. The zero-order valence-corrected chi connectivity index (χ0v) is 21.6. The molecule has 0 aliphatic heterocycles. The summed E-state index contributed by atoms with van der Waals surface area (Å²) in [6, 6.07) is 17.6. The van der Waals surface area contributed by atoms with Crippen molar-refractivity contribution >= 4 is 48.9 Å². The molecule has 36 heavy (non-hydrogen) atoms. The van der Waals surface area contributed by atoms with Crippen molar-refractivity contribution in [1.82, 2.24) is 4.57 Å². The van der Waals surface area contributed by atoms with Crippen LogP contribution in [-0.4, -0.2) is 39.7 Å². The number of para-hydroxylation sites is 2. The molecule has 0 spiro atoms. The van der Waals surface area contributed by atoms with Crippen molar-refractivity contribution in [1.29, 1.82) is 0 Å². The molecule has 0 saturated heterocycles. The molecule has 4 aromatic rings. The van der Waals surface area contributed by atoms with Gasteiger partial charge in [-0.05, 0) is 61.5 Å². The highest BCUT2D eigenvalue weighted by atomic mass is 32.2. The van der Waals surface area contributed by atoms with E-state index in [0.717, 1.165) is 25.9 Å². The summed E-state index contributed by atoms with van der Waals surface area (Å²) < 4.78 is 41.2. The van der Waals surface area contributed by atoms with Gasteiger partial charge in [0.05, 0.1) is 35.0 Å². The van der Waals surface area contributed by atoms with Gasteiger partial charge in [-0.2, -0.15) is 0 Å². The van der Waals surface area contributed by atoms with E-state index in [9.17, 15) is 18.0 Å². The van der Waals surface area contributed by atoms with Crippen molar-refractivity contribution in [3.63, 3.8) is 0 Å². The maximum atomic E-state index is 13.7. The number of aryl methyl sites for hydroxylation is 1. The molecule has 3 aromatic carbocycles. The molecule has 0 radical (unpaired) electrons. The van der Waals surface area contributed by atoms with Gasteiger partial charge in [-0.1, -0.05) is 23.5 Å². The smallest absolute Gasteiger partial charge is 0.308 e. The topological polar surface area (TPSA) is 107 Å². The van der Waals surface area contributed by atoms with E-state index >= 15 is 0 Å². The van der Waals surface area contributed by atoms with Crippen LogP contribution in [0.15, 0.2) is 76.4 Å². The Hall–Kier alpha value is -3.83. The van der Waals surface area contributed by atoms with Crippen molar-refractivity contribution in [2.75, 3.05) is 30.4 Å². The Bertz CT molecular complexity index is 1560. The normalized spacial score (nSPS) is 11.3. The minimum absolute atomic E-state index is 0.00546. The van der Waals surface area contributed by atoms with Gasteiger partial charge < -0.3 is 14.8 Å². The SMILES string of the molecule is CCn1c(=O)sc2cc(NC(=O)CN(c3ccccc3OC)S(=O)(=O)c3ccc(OC)cc3)ccc21. The molecular weight excluding hydrogens is 502 g/mol. The average molecular weight is 528 g/mol. The summed E-state index contributed by atoms with van der Waals surface area (Å²) in [5, 5.41) is 2.75. The molecule has 0 unspecified atom stereocenters. The summed E-state index contributed by atoms with van der Waals surface area (Å²) in [6.07, 6.45) is 0. The Kier molecular flexibility index (Phi) is 7.32. The van der Waals surface area contributed by atoms with Crippen LogP contribution in [0, 0.1) is 0 Å². The fraction of sp³-hybridized carbons (Fsp3) is 0.200. The van der Waals surface area contributed by atoms with Gasteiger partial charge in [0.15, 0.2) is 0 Å². The van der Waals surface area contributed by atoms with Gasteiger partial charge in [0.1, 0.15) is 18.0 Å². The van der Waals surface area contributed by atoms with Crippen LogP contribution in [0.1, 0.15) is 6.92 Å². The average Bonchev–Trinajstić information content (AvgIpc) is 3.21. The summed E-state index contributed by atoms with van der Waals surface area (Å²) in [5.41, 5.74) is 1.46. The Morgan fingerprint density at radius 1 is 1.03 bits per heavy atom. The van der Waals surface area contributed by atoms with Crippen molar-refractivity contribution in [2.45, 2.75) is 18.4 Å². The van der Waals surface area contributed by atoms with Gasteiger partial charge in [-0.3, -0.25) is 18.5 Å². The lowest BCUT2D eigenvalue weighted by Crippen LogP contribution is -2.38. The van der Waals surface area contributed by atoms with Gasteiger partial charge in [0.25, 0.3) is 10.0 Å². The molecule has 188 valence electrons. The standard InChI is InChI=1S/C25H25N3O6S2/c1-4-27-21-14-9-17(15-23(21)35-25(27)30)26-24(29)16-28(20-7-5-6-8-22(20)34-3)36(31,32)19-12-10-18(33-2)11-13-19/h5-15H,4,16H2,1-3H3,(H,26,29). The van der Waals surface area contributed by atoms with Gasteiger partial charge >= 0.3 is 4.87 Å². The number of amides is 1. The van der Waals surface area contributed by atoms with Crippen molar-refractivity contribution in [3.8, 4) is 11.5 Å². The minimum atomic E-state index is -4.15. The number of benzene rings is 3.